The monoisotopic (exact) mass is 275 g/mol. The summed E-state index contributed by atoms with van der Waals surface area (Å²) in [4.78, 5) is 0. The van der Waals surface area contributed by atoms with Crippen molar-refractivity contribution in [2.75, 3.05) is 14.2 Å². The molecule has 0 fully saturated rings. The summed E-state index contributed by atoms with van der Waals surface area (Å²) >= 11 is 0. The molecule has 0 aliphatic carbocycles. The number of ether oxygens (including phenoxy) is 2. The Morgan fingerprint density at radius 3 is 2.45 bits per heavy atom. The standard InChI is InChI=1S/C15H21N3O2/c1-11-7-13(18(2)17-11)10-16-9-12-5-6-14(19-3)15(8-12)20-4/h5-8,16H,9-10H2,1-4H3. The van der Waals surface area contributed by atoms with Gasteiger partial charge in [-0.25, -0.2) is 0 Å². The summed E-state index contributed by atoms with van der Waals surface area (Å²) in [5.74, 6) is 1.50. The first kappa shape index (κ1) is 14.4. The second-order valence-electron chi connectivity index (χ2n) is 4.69. The van der Waals surface area contributed by atoms with Gasteiger partial charge in [-0.15, -0.1) is 0 Å². The van der Waals surface area contributed by atoms with Gasteiger partial charge in [-0.2, -0.15) is 5.10 Å². The fourth-order valence-corrected chi connectivity index (χ4v) is 2.16. The summed E-state index contributed by atoms with van der Waals surface area (Å²) in [7, 11) is 5.24. The van der Waals surface area contributed by atoms with E-state index in [0.29, 0.717) is 0 Å². The highest BCUT2D eigenvalue weighted by molar-refractivity contribution is 5.42. The number of nitrogens with one attached hydrogen (secondary N) is 1. The van der Waals surface area contributed by atoms with Crippen LogP contribution < -0.4 is 14.8 Å². The Morgan fingerprint density at radius 2 is 1.85 bits per heavy atom. The predicted molar refractivity (Wildman–Crippen MR) is 78.0 cm³/mol. The Balaban J connectivity index is 1.95. The number of rotatable bonds is 6. The number of hydrogen-bond acceptors (Lipinski definition) is 4. The van der Waals surface area contributed by atoms with Crippen LogP contribution in [0.5, 0.6) is 11.5 Å². The van der Waals surface area contributed by atoms with Gasteiger partial charge < -0.3 is 14.8 Å². The molecular weight excluding hydrogens is 254 g/mol. The van der Waals surface area contributed by atoms with Crippen molar-refractivity contribution in [3.05, 3.63) is 41.2 Å². The van der Waals surface area contributed by atoms with Crippen LogP contribution in [0.1, 0.15) is 17.0 Å². The molecule has 1 aromatic carbocycles. The maximum Gasteiger partial charge on any atom is 0.161 e. The van der Waals surface area contributed by atoms with Crippen LogP contribution in [0.2, 0.25) is 0 Å². The fourth-order valence-electron chi connectivity index (χ4n) is 2.16. The van der Waals surface area contributed by atoms with E-state index in [1.165, 1.54) is 5.69 Å². The fraction of sp³-hybridized carbons (Fsp3) is 0.400. The maximum absolute atomic E-state index is 5.30. The second kappa shape index (κ2) is 6.43. The van der Waals surface area contributed by atoms with E-state index >= 15 is 0 Å². The number of methoxy groups -OCH3 is 2. The van der Waals surface area contributed by atoms with E-state index in [1.807, 2.05) is 36.9 Å². The minimum atomic E-state index is 0.749. The molecule has 1 aromatic heterocycles. The Kier molecular flexibility index (Phi) is 4.63. The molecule has 2 rings (SSSR count). The first-order chi connectivity index (χ1) is 9.63. The molecule has 5 nitrogen and oxygen atoms in total. The summed E-state index contributed by atoms with van der Waals surface area (Å²) in [6.45, 7) is 3.55. The normalized spacial score (nSPS) is 10.6. The number of aromatic nitrogens is 2. The molecular formula is C15H21N3O2. The molecule has 1 N–H and O–H groups in total. The molecule has 0 unspecified atom stereocenters. The van der Waals surface area contributed by atoms with E-state index < -0.39 is 0 Å². The second-order valence-corrected chi connectivity index (χ2v) is 4.69. The Labute approximate surface area is 119 Å². The van der Waals surface area contributed by atoms with Crippen LogP contribution >= 0.6 is 0 Å². The minimum absolute atomic E-state index is 0.749. The molecule has 0 amide bonds. The lowest BCUT2D eigenvalue weighted by atomic mass is 10.2. The molecule has 2 aromatic rings. The van der Waals surface area contributed by atoms with E-state index in [4.69, 9.17) is 9.47 Å². The van der Waals surface area contributed by atoms with Crippen LogP contribution in [-0.2, 0) is 20.1 Å². The Hall–Kier alpha value is -2.01. The lowest BCUT2D eigenvalue weighted by Crippen LogP contribution is -2.15. The van der Waals surface area contributed by atoms with Gasteiger partial charge in [0.15, 0.2) is 11.5 Å². The van der Waals surface area contributed by atoms with Gasteiger partial charge in [-0.3, -0.25) is 4.68 Å². The summed E-state index contributed by atoms with van der Waals surface area (Å²) in [6, 6.07) is 8.02. The van der Waals surface area contributed by atoms with Gasteiger partial charge in [0.2, 0.25) is 0 Å². The van der Waals surface area contributed by atoms with Crippen molar-refractivity contribution < 1.29 is 9.47 Å². The number of aryl methyl sites for hydroxylation is 2. The average Bonchev–Trinajstić information content (AvgIpc) is 2.77. The van der Waals surface area contributed by atoms with Crippen molar-refractivity contribution >= 4 is 0 Å². The van der Waals surface area contributed by atoms with E-state index in [0.717, 1.165) is 35.8 Å². The zero-order valence-electron chi connectivity index (χ0n) is 12.4. The molecule has 5 heteroatoms. The highest BCUT2D eigenvalue weighted by Crippen LogP contribution is 2.27. The van der Waals surface area contributed by atoms with Crippen molar-refractivity contribution in [3.63, 3.8) is 0 Å². The summed E-state index contributed by atoms with van der Waals surface area (Å²) < 4.78 is 12.4. The zero-order valence-corrected chi connectivity index (χ0v) is 12.4. The average molecular weight is 275 g/mol. The Morgan fingerprint density at radius 1 is 1.10 bits per heavy atom. The van der Waals surface area contributed by atoms with Crippen molar-refractivity contribution in [1.29, 1.82) is 0 Å². The molecule has 0 spiro atoms. The van der Waals surface area contributed by atoms with Crippen LogP contribution in [0.25, 0.3) is 0 Å². The number of benzene rings is 1. The van der Waals surface area contributed by atoms with Gasteiger partial charge in [0.1, 0.15) is 0 Å². The van der Waals surface area contributed by atoms with Crippen molar-refractivity contribution in [1.82, 2.24) is 15.1 Å². The van der Waals surface area contributed by atoms with Gasteiger partial charge in [-0.05, 0) is 30.7 Å². The third-order valence-electron chi connectivity index (χ3n) is 3.18. The molecule has 108 valence electrons. The molecule has 0 aliphatic rings. The zero-order chi connectivity index (χ0) is 14.5. The maximum atomic E-state index is 5.30. The van der Waals surface area contributed by atoms with Gasteiger partial charge in [0.25, 0.3) is 0 Å². The van der Waals surface area contributed by atoms with Crippen LogP contribution in [0.4, 0.5) is 0 Å². The summed E-state index contributed by atoms with van der Waals surface area (Å²) in [6.07, 6.45) is 0. The molecule has 1 heterocycles. The topological polar surface area (TPSA) is 48.3 Å². The van der Waals surface area contributed by atoms with Crippen LogP contribution in [0, 0.1) is 6.92 Å². The highest BCUT2D eigenvalue weighted by atomic mass is 16.5. The minimum Gasteiger partial charge on any atom is -0.493 e. The van der Waals surface area contributed by atoms with E-state index in [9.17, 15) is 0 Å². The van der Waals surface area contributed by atoms with E-state index in [2.05, 4.69) is 16.5 Å². The molecule has 20 heavy (non-hydrogen) atoms. The third kappa shape index (κ3) is 3.30. The first-order valence-corrected chi connectivity index (χ1v) is 6.55. The molecule has 0 radical (unpaired) electrons. The molecule has 0 saturated carbocycles. The third-order valence-corrected chi connectivity index (χ3v) is 3.18. The van der Waals surface area contributed by atoms with Crippen LogP contribution in [0.15, 0.2) is 24.3 Å². The van der Waals surface area contributed by atoms with Gasteiger partial charge in [0.05, 0.1) is 25.6 Å². The van der Waals surface area contributed by atoms with Gasteiger partial charge in [0, 0.05) is 20.1 Å². The SMILES string of the molecule is COc1ccc(CNCc2cc(C)nn2C)cc1OC. The lowest BCUT2D eigenvalue weighted by molar-refractivity contribution is 0.354. The summed E-state index contributed by atoms with van der Waals surface area (Å²) in [5.41, 5.74) is 3.36. The molecule has 0 saturated heterocycles. The molecule has 0 atom stereocenters. The van der Waals surface area contributed by atoms with Gasteiger partial charge >= 0.3 is 0 Å². The quantitative estimate of drug-likeness (QED) is 0.876. The molecule has 0 aliphatic heterocycles. The first-order valence-electron chi connectivity index (χ1n) is 6.55. The summed E-state index contributed by atoms with van der Waals surface area (Å²) in [5, 5.41) is 7.73. The smallest absolute Gasteiger partial charge is 0.161 e. The van der Waals surface area contributed by atoms with Crippen molar-refractivity contribution in [2.45, 2.75) is 20.0 Å². The lowest BCUT2D eigenvalue weighted by Gasteiger charge is -2.10. The van der Waals surface area contributed by atoms with Crippen LogP contribution in [-0.4, -0.2) is 24.0 Å². The van der Waals surface area contributed by atoms with Crippen molar-refractivity contribution in [3.8, 4) is 11.5 Å². The van der Waals surface area contributed by atoms with Gasteiger partial charge in [-0.1, -0.05) is 6.07 Å². The predicted octanol–water partition coefficient (Wildman–Crippen LogP) is 2.04. The number of nitrogens with zero attached hydrogens (tertiary/aromatic N) is 2. The van der Waals surface area contributed by atoms with E-state index in [-0.39, 0.29) is 0 Å². The largest absolute Gasteiger partial charge is 0.493 e. The Bertz CT molecular complexity index is 578. The highest BCUT2D eigenvalue weighted by Gasteiger charge is 2.05. The van der Waals surface area contributed by atoms with Crippen LogP contribution in [0.3, 0.4) is 0 Å². The number of hydrogen-bond donors (Lipinski definition) is 1. The van der Waals surface area contributed by atoms with E-state index in [1.54, 1.807) is 14.2 Å². The van der Waals surface area contributed by atoms with Crippen molar-refractivity contribution in [2.24, 2.45) is 7.05 Å². The molecule has 0 bridgehead atoms.